The van der Waals surface area contributed by atoms with Crippen molar-refractivity contribution in [2.24, 2.45) is 0 Å². The molecule has 0 unspecified atom stereocenters. The van der Waals surface area contributed by atoms with Crippen LogP contribution in [0.4, 0.5) is 0 Å². The van der Waals surface area contributed by atoms with Crippen molar-refractivity contribution in [2.75, 3.05) is 0 Å². The fourth-order valence-corrected chi connectivity index (χ4v) is 1.87. The topological polar surface area (TPSA) is 49.3 Å². The van der Waals surface area contributed by atoms with E-state index in [9.17, 15) is 9.90 Å². The van der Waals surface area contributed by atoms with E-state index < -0.39 is 6.10 Å². The van der Waals surface area contributed by atoms with Gasteiger partial charge in [-0.05, 0) is 18.9 Å². The highest BCUT2D eigenvalue weighted by Gasteiger charge is 2.28. The van der Waals surface area contributed by atoms with Gasteiger partial charge in [0.05, 0.1) is 12.1 Å². The lowest BCUT2D eigenvalue weighted by Crippen LogP contribution is -2.31. The van der Waals surface area contributed by atoms with Gasteiger partial charge in [0.25, 0.3) is 0 Å². The Morgan fingerprint density at radius 3 is 2.60 bits per heavy atom. The highest BCUT2D eigenvalue weighted by Crippen LogP contribution is 2.23. The van der Waals surface area contributed by atoms with Gasteiger partial charge in [-0.15, -0.1) is 0 Å². The van der Waals surface area contributed by atoms with E-state index in [1.54, 1.807) is 0 Å². The third-order valence-electron chi connectivity index (χ3n) is 2.83. The van der Waals surface area contributed by atoms with E-state index in [0.717, 1.165) is 5.56 Å². The highest BCUT2D eigenvalue weighted by atomic mass is 16.3. The van der Waals surface area contributed by atoms with Crippen LogP contribution < -0.4 is 5.32 Å². The second kappa shape index (κ2) is 4.03. The number of aryl methyl sites for hydroxylation is 1. The zero-order valence-electron chi connectivity index (χ0n) is 8.73. The van der Waals surface area contributed by atoms with Gasteiger partial charge < -0.3 is 10.4 Å². The molecule has 0 spiro atoms. The Morgan fingerprint density at radius 2 is 2.07 bits per heavy atom. The summed E-state index contributed by atoms with van der Waals surface area (Å²) in [6, 6.07) is 7.62. The lowest BCUT2D eigenvalue weighted by Gasteiger charge is -2.18. The SMILES string of the molecule is Cc1ccc([C@H](O)[C@H]2CCC(=O)N2)cc1. The molecule has 0 aromatic heterocycles. The van der Waals surface area contributed by atoms with Crippen LogP contribution in [0.15, 0.2) is 24.3 Å². The Kier molecular flexibility index (Phi) is 2.73. The minimum absolute atomic E-state index is 0.0335. The van der Waals surface area contributed by atoms with Crippen molar-refractivity contribution < 1.29 is 9.90 Å². The average molecular weight is 205 g/mol. The number of hydrogen-bond acceptors (Lipinski definition) is 2. The van der Waals surface area contributed by atoms with E-state index in [1.165, 1.54) is 5.56 Å². The first-order valence-corrected chi connectivity index (χ1v) is 5.21. The average Bonchev–Trinajstić information content (AvgIpc) is 2.65. The van der Waals surface area contributed by atoms with E-state index in [-0.39, 0.29) is 11.9 Å². The van der Waals surface area contributed by atoms with Gasteiger partial charge in [0.1, 0.15) is 0 Å². The quantitative estimate of drug-likeness (QED) is 0.764. The summed E-state index contributed by atoms with van der Waals surface area (Å²) in [4.78, 5) is 11.0. The Bertz CT molecular complexity index is 358. The van der Waals surface area contributed by atoms with Gasteiger partial charge in [-0.3, -0.25) is 4.79 Å². The van der Waals surface area contributed by atoms with E-state index in [0.29, 0.717) is 12.8 Å². The van der Waals surface area contributed by atoms with Crippen LogP contribution in [0.2, 0.25) is 0 Å². The molecule has 1 aromatic rings. The van der Waals surface area contributed by atoms with Crippen molar-refractivity contribution in [2.45, 2.75) is 31.9 Å². The van der Waals surface area contributed by atoms with Gasteiger partial charge in [-0.25, -0.2) is 0 Å². The molecule has 2 N–H and O–H groups in total. The summed E-state index contributed by atoms with van der Waals surface area (Å²) in [5.41, 5.74) is 2.04. The van der Waals surface area contributed by atoms with Crippen LogP contribution in [-0.4, -0.2) is 17.1 Å². The highest BCUT2D eigenvalue weighted by molar-refractivity contribution is 5.78. The molecular weight excluding hydrogens is 190 g/mol. The first kappa shape index (κ1) is 10.2. The first-order valence-electron chi connectivity index (χ1n) is 5.21. The number of aliphatic hydroxyl groups is 1. The second-order valence-electron chi connectivity index (χ2n) is 4.07. The van der Waals surface area contributed by atoms with Crippen molar-refractivity contribution in [1.29, 1.82) is 0 Å². The number of carbonyl (C=O) groups excluding carboxylic acids is 1. The van der Waals surface area contributed by atoms with Gasteiger partial charge in [-0.2, -0.15) is 0 Å². The molecule has 1 aliphatic heterocycles. The molecule has 15 heavy (non-hydrogen) atoms. The van der Waals surface area contributed by atoms with Crippen LogP contribution in [0.5, 0.6) is 0 Å². The molecule has 0 saturated carbocycles. The molecule has 1 aliphatic rings. The largest absolute Gasteiger partial charge is 0.386 e. The normalized spacial score (nSPS) is 22.5. The van der Waals surface area contributed by atoms with Gasteiger partial charge in [0.2, 0.25) is 5.91 Å². The number of aliphatic hydroxyl groups excluding tert-OH is 1. The summed E-state index contributed by atoms with van der Waals surface area (Å²) in [6.45, 7) is 2.01. The summed E-state index contributed by atoms with van der Waals surface area (Å²) in [6.07, 6.45) is 0.651. The van der Waals surface area contributed by atoms with Crippen LogP contribution in [0.3, 0.4) is 0 Å². The fraction of sp³-hybridized carbons (Fsp3) is 0.417. The van der Waals surface area contributed by atoms with E-state index in [1.807, 2.05) is 31.2 Å². The molecule has 2 atom stereocenters. The first-order chi connectivity index (χ1) is 7.16. The van der Waals surface area contributed by atoms with E-state index in [2.05, 4.69) is 5.32 Å². The van der Waals surface area contributed by atoms with Crippen LogP contribution in [0.25, 0.3) is 0 Å². The number of rotatable bonds is 2. The molecule has 1 amide bonds. The molecule has 0 bridgehead atoms. The molecule has 1 saturated heterocycles. The Hall–Kier alpha value is -1.35. The third-order valence-corrected chi connectivity index (χ3v) is 2.83. The molecule has 3 heteroatoms. The van der Waals surface area contributed by atoms with Crippen molar-refractivity contribution in [3.05, 3.63) is 35.4 Å². The molecule has 3 nitrogen and oxygen atoms in total. The Labute approximate surface area is 89.1 Å². The second-order valence-corrected chi connectivity index (χ2v) is 4.07. The summed E-state index contributed by atoms with van der Waals surface area (Å²) in [7, 11) is 0. The van der Waals surface area contributed by atoms with Crippen LogP contribution in [0, 0.1) is 6.92 Å². The molecule has 0 aliphatic carbocycles. The van der Waals surface area contributed by atoms with Gasteiger partial charge in [-0.1, -0.05) is 29.8 Å². The molecule has 0 radical (unpaired) electrons. The predicted octanol–water partition coefficient (Wildman–Crippen LogP) is 1.31. The predicted molar refractivity (Wildman–Crippen MR) is 57.3 cm³/mol. The van der Waals surface area contributed by atoms with Crippen LogP contribution >= 0.6 is 0 Å². The molecular formula is C12H15NO2. The number of amides is 1. The zero-order chi connectivity index (χ0) is 10.8. The lowest BCUT2D eigenvalue weighted by atomic mass is 10.0. The van der Waals surface area contributed by atoms with Crippen molar-refractivity contribution in [3.8, 4) is 0 Å². The lowest BCUT2D eigenvalue weighted by molar-refractivity contribution is -0.119. The van der Waals surface area contributed by atoms with Gasteiger partial charge in [0, 0.05) is 6.42 Å². The van der Waals surface area contributed by atoms with Gasteiger partial charge in [0.15, 0.2) is 0 Å². The molecule has 1 fully saturated rings. The van der Waals surface area contributed by atoms with Crippen molar-refractivity contribution in [1.82, 2.24) is 5.32 Å². The maximum atomic E-state index is 11.0. The summed E-state index contributed by atoms with van der Waals surface area (Å²) < 4.78 is 0. The minimum Gasteiger partial charge on any atom is -0.386 e. The fourth-order valence-electron chi connectivity index (χ4n) is 1.87. The maximum Gasteiger partial charge on any atom is 0.220 e. The smallest absolute Gasteiger partial charge is 0.220 e. The van der Waals surface area contributed by atoms with Crippen molar-refractivity contribution in [3.63, 3.8) is 0 Å². The zero-order valence-corrected chi connectivity index (χ0v) is 8.73. The molecule has 1 heterocycles. The van der Waals surface area contributed by atoms with Crippen LogP contribution in [0.1, 0.15) is 30.1 Å². The monoisotopic (exact) mass is 205 g/mol. The van der Waals surface area contributed by atoms with E-state index in [4.69, 9.17) is 0 Å². The molecule has 80 valence electrons. The maximum absolute atomic E-state index is 11.0. The van der Waals surface area contributed by atoms with Crippen molar-refractivity contribution >= 4 is 5.91 Å². The summed E-state index contributed by atoms with van der Waals surface area (Å²) in [5.74, 6) is 0.0335. The summed E-state index contributed by atoms with van der Waals surface area (Å²) >= 11 is 0. The van der Waals surface area contributed by atoms with Crippen LogP contribution in [-0.2, 0) is 4.79 Å². The number of hydrogen-bond donors (Lipinski definition) is 2. The standard InChI is InChI=1S/C12H15NO2/c1-8-2-4-9(5-3-8)12(15)10-6-7-11(14)13-10/h2-5,10,12,15H,6-7H2,1H3,(H,13,14)/t10-,12+/m1/s1. The molecule has 1 aromatic carbocycles. The minimum atomic E-state index is -0.586. The van der Waals surface area contributed by atoms with E-state index >= 15 is 0 Å². The Morgan fingerprint density at radius 1 is 1.40 bits per heavy atom. The molecule has 2 rings (SSSR count). The number of carbonyl (C=O) groups is 1. The number of benzene rings is 1. The van der Waals surface area contributed by atoms with Gasteiger partial charge >= 0.3 is 0 Å². The third kappa shape index (κ3) is 2.18. The summed E-state index contributed by atoms with van der Waals surface area (Å²) in [5, 5.41) is 12.8. The number of nitrogens with one attached hydrogen (secondary N) is 1. The Balaban J connectivity index is 2.10.